The molecule has 0 aromatic carbocycles. The van der Waals surface area contributed by atoms with Crippen molar-refractivity contribution in [3.8, 4) is 0 Å². The van der Waals surface area contributed by atoms with E-state index in [0.717, 1.165) is 0 Å². The molecule has 0 saturated heterocycles. The lowest BCUT2D eigenvalue weighted by atomic mass is 10.2. The summed E-state index contributed by atoms with van der Waals surface area (Å²) in [4.78, 5) is 18.8. The van der Waals surface area contributed by atoms with Crippen molar-refractivity contribution in [2.45, 2.75) is 26.1 Å². The van der Waals surface area contributed by atoms with Crippen LogP contribution in [0.25, 0.3) is 0 Å². The van der Waals surface area contributed by atoms with Gasteiger partial charge in [-0.3, -0.25) is 4.79 Å². The first-order valence-corrected chi connectivity index (χ1v) is 6.00. The molecule has 0 N–H and O–H groups in total. The molecule has 1 aromatic rings. The van der Waals surface area contributed by atoms with E-state index in [1.54, 1.807) is 6.92 Å². The number of nitrogens with zero attached hydrogens (tertiary/aromatic N) is 2. The molecule has 0 aliphatic carbocycles. The Hall–Kier alpha value is -1.41. The molecule has 0 radical (unpaired) electrons. The Balaban J connectivity index is 2.64. The van der Waals surface area contributed by atoms with Gasteiger partial charge in [-0.1, -0.05) is 0 Å². The van der Waals surface area contributed by atoms with E-state index in [1.165, 1.54) is 6.07 Å². The topological polar surface area (TPSA) is 61.3 Å². The molecule has 1 heterocycles. The van der Waals surface area contributed by atoms with Crippen molar-refractivity contribution in [3.63, 3.8) is 0 Å². The fourth-order valence-corrected chi connectivity index (χ4v) is 1.53. The van der Waals surface area contributed by atoms with Gasteiger partial charge in [0.2, 0.25) is 5.28 Å². The summed E-state index contributed by atoms with van der Waals surface area (Å²) in [5.74, 6) is -0.510. The monoisotopic (exact) mass is 312 g/mol. The number of hydrogen-bond acceptors (Lipinski definition) is 5. The lowest BCUT2D eigenvalue weighted by Gasteiger charge is -2.08. The molecule has 1 rings (SSSR count). The van der Waals surface area contributed by atoms with Crippen molar-refractivity contribution in [1.82, 2.24) is 9.97 Å². The first kappa shape index (κ1) is 16.6. The second-order valence-corrected chi connectivity index (χ2v) is 4.05. The number of carbonyl (C=O) groups excluding carboxylic acids is 1. The number of hydrogen-bond donors (Lipinski definition) is 0. The maximum Gasteiger partial charge on any atom is 0.411 e. The van der Waals surface area contributed by atoms with Crippen molar-refractivity contribution in [2.75, 3.05) is 13.2 Å². The number of carbonyl (C=O) groups is 1. The minimum absolute atomic E-state index is 0.137. The molecule has 0 atom stereocenters. The SMILES string of the molecule is CCOC(=O)Cc1cc(COCC(F)(F)F)nc(Cl)n1. The predicted molar refractivity (Wildman–Crippen MR) is 63.1 cm³/mol. The molecule has 9 heteroatoms. The van der Waals surface area contributed by atoms with Gasteiger partial charge in [0.25, 0.3) is 0 Å². The van der Waals surface area contributed by atoms with E-state index in [0.29, 0.717) is 0 Å². The van der Waals surface area contributed by atoms with Crippen molar-refractivity contribution < 1.29 is 27.4 Å². The lowest BCUT2D eigenvalue weighted by molar-refractivity contribution is -0.176. The molecule has 0 unspecified atom stereocenters. The second kappa shape index (κ2) is 7.39. The molecule has 112 valence electrons. The quantitative estimate of drug-likeness (QED) is 0.596. The minimum atomic E-state index is -4.41. The van der Waals surface area contributed by atoms with Crippen LogP contribution in [0.3, 0.4) is 0 Å². The Morgan fingerprint density at radius 1 is 1.35 bits per heavy atom. The van der Waals surface area contributed by atoms with Crippen LogP contribution in [0.4, 0.5) is 13.2 Å². The molecule has 0 fully saturated rings. The van der Waals surface area contributed by atoms with Gasteiger partial charge < -0.3 is 9.47 Å². The van der Waals surface area contributed by atoms with Crippen LogP contribution in [0.5, 0.6) is 0 Å². The van der Waals surface area contributed by atoms with Crippen LogP contribution in [-0.2, 0) is 27.3 Å². The normalized spacial score (nSPS) is 11.4. The van der Waals surface area contributed by atoms with Gasteiger partial charge in [-0.2, -0.15) is 13.2 Å². The van der Waals surface area contributed by atoms with Crippen molar-refractivity contribution in [3.05, 3.63) is 22.7 Å². The minimum Gasteiger partial charge on any atom is -0.466 e. The molecule has 0 saturated carbocycles. The third-order valence-corrected chi connectivity index (χ3v) is 2.12. The van der Waals surface area contributed by atoms with Gasteiger partial charge in [-0.05, 0) is 24.6 Å². The summed E-state index contributed by atoms with van der Waals surface area (Å²) in [5, 5.41) is -0.169. The van der Waals surface area contributed by atoms with Crippen LogP contribution in [0.15, 0.2) is 6.07 Å². The number of halogens is 4. The lowest BCUT2D eigenvalue weighted by Crippen LogP contribution is -2.17. The zero-order valence-electron chi connectivity index (χ0n) is 10.5. The zero-order valence-corrected chi connectivity index (χ0v) is 11.3. The van der Waals surface area contributed by atoms with E-state index in [4.69, 9.17) is 16.3 Å². The molecule has 1 aromatic heterocycles. The average Bonchev–Trinajstić information content (AvgIpc) is 2.26. The Morgan fingerprint density at radius 3 is 2.60 bits per heavy atom. The van der Waals surface area contributed by atoms with E-state index in [2.05, 4.69) is 14.7 Å². The molecule has 0 bridgehead atoms. The average molecular weight is 313 g/mol. The highest BCUT2D eigenvalue weighted by molar-refractivity contribution is 6.28. The van der Waals surface area contributed by atoms with Gasteiger partial charge in [0.15, 0.2) is 0 Å². The Morgan fingerprint density at radius 2 is 2.00 bits per heavy atom. The Bertz CT molecular complexity index is 469. The highest BCUT2D eigenvalue weighted by Gasteiger charge is 2.27. The predicted octanol–water partition coefficient (Wildman–Crippen LogP) is 2.31. The Labute approximate surface area is 118 Å². The largest absolute Gasteiger partial charge is 0.466 e. The molecule has 0 spiro atoms. The molecule has 0 aliphatic heterocycles. The number of aromatic nitrogens is 2. The Kier molecular flexibility index (Phi) is 6.15. The summed E-state index contributed by atoms with van der Waals surface area (Å²) in [6.07, 6.45) is -4.55. The maximum atomic E-state index is 11.9. The highest BCUT2D eigenvalue weighted by atomic mass is 35.5. The summed E-state index contributed by atoms with van der Waals surface area (Å²) in [6, 6.07) is 1.35. The zero-order chi connectivity index (χ0) is 15.2. The van der Waals surface area contributed by atoms with Crippen molar-refractivity contribution >= 4 is 17.6 Å². The van der Waals surface area contributed by atoms with Crippen LogP contribution in [0.2, 0.25) is 5.28 Å². The first-order chi connectivity index (χ1) is 9.30. The van der Waals surface area contributed by atoms with Crippen LogP contribution in [0, 0.1) is 0 Å². The fraction of sp³-hybridized carbons (Fsp3) is 0.545. The molecular weight excluding hydrogens is 301 g/mol. The maximum absolute atomic E-state index is 11.9. The number of esters is 1. The first-order valence-electron chi connectivity index (χ1n) is 5.62. The van der Waals surface area contributed by atoms with Crippen molar-refractivity contribution in [2.24, 2.45) is 0 Å². The number of ether oxygens (including phenoxy) is 2. The van der Waals surface area contributed by atoms with Crippen LogP contribution in [-0.4, -0.2) is 35.3 Å². The van der Waals surface area contributed by atoms with Gasteiger partial charge >= 0.3 is 12.1 Å². The van der Waals surface area contributed by atoms with E-state index in [9.17, 15) is 18.0 Å². The summed E-state index contributed by atoms with van der Waals surface area (Å²) in [5.41, 5.74) is 0.419. The third-order valence-electron chi connectivity index (χ3n) is 1.95. The highest BCUT2D eigenvalue weighted by Crippen LogP contribution is 2.16. The fourth-order valence-electron chi connectivity index (χ4n) is 1.31. The summed E-state index contributed by atoms with van der Waals surface area (Å²) < 4.78 is 45.0. The van der Waals surface area contributed by atoms with E-state index >= 15 is 0 Å². The van der Waals surface area contributed by atoms with Crippen molar-refractivity contribution in [1.29, 1.82) is 0 Å². The second-order valence-electron chi connectivity index (χ2n) is 3.71. The number of rotatable bonds is 6. The standard InChI is InChI=1S/C11H12ClF3N2O3/c1-2-20-9(18)4-7-3-8(17-10(12)16-7)5-19-6-11(13,14)15/h3H,2,4-6H2,1H3. The third kappa shape index (κ3) is 6.67. The van der Waals surface area contributed by atoms with E-state index < -0.39 is 18.8 Å². The number of alkyl halides is 3. The van der Waals surface area contributed by atoms with Gasteiger partial charge in [-0.25, -0.2) is 9.97 Å². The van der Waals surface area contributed by atoms with Gasteiger partial charge in [0.1, 0.15) is 6.61 Å². The van der Waals surface area contributed by atoms with E-state index in [1.807, 2.05) is 0 Å². The summed E-state index contributed by atoms with van der Waals surface area (Å²) in [7, 11) is 0. The molecule has 5 nitrogen and oxygen atoms in total. The van der Waals surface area contributed by atoms with Crippen LogP contribution in [0.1, 0.15) is 18.3 Å². The van der Waals surface area contributed by atoms with Gasteiger partial charge in [0, 0.05) is 0 Å². The summed E-state index contributed by atoms with van der Waals surface area (Å²) in [6.45, 7) is 0.111. The smallest absolute Gasteiger partial charge is 0.411 e. The molecule has 20 heavy (non-hydrogen) atoms. The summed E-state index contributed by atoms with van der Waals surface area (Å²) >= 11 is 5.63. The van der Waals surface area contributed by atoms with Gasteiger partial charge in [0.05, 0.1) is 31.0 Å². The molecular formula is C11H12ClF3N2O3. The molecule has 0 aliphatic rings. The van der Waals surface area contributed by atoms with Gasteiger partial charge in [-0.15, -0.1) is 0 Å². The van der Waals surface area contributed by atoms with E-state index in [-0.39, 0.29) is 36.3 Å². The van der Waals surface area contributed by atoms with Crippen LogP contribution >= 0.6 is 11.6 Å². The molecule has 0 amide bonds. The van der Waals surface area contributed by atoms with Crippen LogP contribution < -0.4 is 0 Å².